The van der Waals surface area contributed by atoms with Gasteiger partial charge in [0.1, 0.15) is 22.8 Å². The number of aryl methyl sites for hydroxylation is 1. The second-order valence-corrected chi connectivity index (χ2v) is 9.04. The summed E-state index contributed by atoms with van der Waals surface area (Å²) >= 11 is 1.70. The van der Waals surface area contributed by atoms with E-state index in [1.807, 2.05) is 0 Å². The van der Waals surface area contributed by atoms with Crippen molar-refractivity contribution in [2.24, 2.45) is 0 Å². The van der Waals surface area contributed by atoms with Gasteiger partial charge in [0.05, 0.1) is 11.4 Å². The van der Waals surface area contributed by atoms with E-state index in [1.165, 1.54) is 30.4 Å². The first kappa shape index (κ1) is 18.0. The summed E-state index contributed by atoms with van der Waals surface area (Å²) in [6.07, 6.45) is 8.69. The van der Waals surface area contributed by atoms with Crippen molar-refractivity contribution in [2.75, 3.05) is 11.4 Å². The second kappa shape index (κ2) is 7.47. The molecule has 152 valence electrons. The van der Waals surface area contributed by atoms with Gasteiger partial charge in [-0.05, 0) is 31.2 Å². The molecule has 1 saturated heterocycles. The summed E-state index contributed by atoms with van der Waals surface area (Å²) in [6, 6.07) is 10.8. The number of aromatic nitrogens is 5. The third-order valence-electron chi connectivity index (χ3n) is 6.40. The van der Waals surface area contributed by atoms with Crippen molar-refractivity contribution in [3.63, 3.8) is 0 Å². The topological polar surface area (TPSA) is 59.7 Å². The highest BCUT2D eigenvalue weighted by Gasteiger charge is 2.34. The van der Waals surface area contributed by atoms with Gasteiger partial charge in [-0.2, -0.15) is 0 Å². The van der Waals surface area contributed by atoms with Crippen LogP contribution in [0.15, 0.2) is 42.0 Å². The first-order valence-electron chi connectivity index (χ1n) is 10.9. The minimum Gasteiger partial charge on any atom is -0.346 e. The number of hydrogen-bond acceptors (Lipinski definition) is 6. The molecule has 3 aromatic heterocycles. The van der Waals surface area contributed by atoms with Crippen LogP contribution in [0.2, 0.25) is 0 Å². The van der Waals surface area contributed by atoms with E-state index in [1.54, 1.807) is 17.7 Å². The monoisotopic (exact) mass is 416 g/mol. The van der Waals surface area contributed by atoms with Crippen LogP contribution in [0, 0.1) is 0 Å². The highest BCUT2D eigenvalue weighted by atomic mass is 32.1. The molecule has 1 fully saturated rings. The van der Waals surface area contributed by atoms with Crippen LogP contribution in [0.25, 0.3) is 21.3 Å². The molecule has 5 heterocycles. The molecule has 0 bridgehead atoms. The Labute approximate surface area is 179 Å². The van der Waals surface area contributed by atoms with Crippen LogP contribution in [0.3, 0.4) is 0 Å². The second-order valence-electron chi connectivity index (χ2n) is 8.18. The summed E-state index contributed by atoms with van der Waals surface area (Å²) < 4.78 is 2.39. The van der Waals surface area contributed by atoms with Crippen molar-refractivity contribution in [3.8, 4) is 11.1 Å². The summed E-state index contributed by atoms with van der Waals surface area (Å²) in [5.74, 6) is 3.31. The average molecular weight is 417 g/mol. The lowest BCUT2D eigenvalue weighted by atomic mass is 10.1. The van der Waals surface area contributed by atoms with Crippen molar-refractivity contribution in [1.29, 1.82) is 0 Å². The Morgan fingerprint density at radius 1 is 0.933 bits per heavy atom. The van der Waals surface area contributed by atoms with Crippen LogP contribution in [-0.2, 0) is 13.0 Å². The van der Waals surface area contributed by atoms with Gasteiger partial charge < -0.3 is 9.47 Å². The van der Waals surface area contributed by atoms with Crippen LogP contribution < -0.4 is 4.90 Å². The lowest BCUT2D eigenvalue weighted by molar-refractivity contribution is 0.558. The van der Waals surface area contributed by atoms with E-state index < -0.39 is 0 Å². The fourth-order valence-corrected chi connectivity index (χ4v) is 5.86. The number of fused-ring (bicyclic) bond motifs is 2. The normalized spacial score (nSPS) is 19.2. The zero-order valence-corrected chi connectivity index (χ0v) is 17.7. The number of benzene rings is 1. The summed E-state index contributed by atoms with van der Waals surface area (Å²) in [4.78, 5) is 12.9. The molecule has 6 nitrogen and oxygen atoms in total. The van der Waals surface area contributed by atoms with Gasteiger partial charge in [-0.15, -0.1) is 21.5 Å². The molecule has 0 N–H and O–H groups in total. The molecule has 0 saturated carbocycles. The van der Waals surface area contributed by atoms with Gasteiger partial charge in [0.25, 0.3) is 0 Å². The summed E-state index contributed by atoms with van der Waals surface area (Å²) in [5.41, 5.74) is 2.43. The Balaban J connectivity index is 1.46. The predicted molar refractivity (Wildman–Crippen MR) is 120 cm³/mol. The fraction of sp³-hybridized carbons (Fsp3) is 0.391. The Hall–Kier alpha value is -2.80. The predicted octanol–water partition coefficient (Wildman–Crippen LogP) is 5.02. The molecule has 0 aliphatic carbocycles. The molecule has 2 aliphatic heterocycles. The number of hydrogen-bond donors (Lipinski definition) is 0. The SMILES string of the molecule is c1ccc(-c2csc3ncnc(N4CCCC4c4nnc5n4CCCCC5)c23)cc1. The van der Waals surface area contributed by atoms with Crippen molar-refractivity contribution < 1.29 is 0 Å². The first-order chi connectivity index (χ1) is 14.9. The Morgan fingerprint density at radius 3 is 2.80 bits per heavy atom. The minimum atomic E-state index is 0.228. The van der Waals surface area contributed by atoms with Crippen LogP contribution in [0.1, 0.15) is 49.8 Å². The number of rotatable bonds is 3. The van der Waals surface area contributed by atoms with Gasteiger partial charge in [-0.25, -0.2) is 9.97 Å². The lowest BCUT2D eigenvalue weighted by Crippen LogP contribution is -2.26. The zero-order chi connectivity index (χ0) is 19.9. The van der Waals surface area contributed by atoms with Crippen LogP contribution in [0.4, 0.5) is 5.82 Å². The molecule has 4 aromatic rings. The minimum absolute atomic E-state index is 0.228. The molecule has 2 aliphatic rings. The molecular weight excluding hydrogens is 392 g/mol. The molecule has 1 aromatic carbocycles. The van der Waals surface area contributed by atoms with E-state index >= 15 is 0 Å². The summed E-state index contributed by atoms with van der Waals surface area (Å²) in [6.45, 7) is 2.03. The standard InChI is InChI=1S/C23H24N6S/c1-3-8-16(9-4-1)17-14-30-23-20(17)22(24-15-25-23)28-13-7-10-18(28)21-27-26-19-11-5-2-6-12-29(19)21/h1,3-4,8-9,14-15,18H,2,5-7,10-13H2. The van der Waals surface area contributed by atoms with Gasteiger partial charge in [0.2, 0.25) is 0 Å². The molecular formula is C23H24N6S. The quantitative estimate of drug-likeness (QED) is 0.469. The van der Waals surface area contributed by atoms with E-state index in [2.05, 4.69) is 60.4 Å². The first-order valence-corrected chi connectivity index (χ1v) is 11.7. The van der Waals surface area contributed by atoms with Gasteiger partial charge >= 0.3 is 0 Å². The van der Waals surface area contributed by atoms with Gasteiger partial charge in [-0.1, -0.05) is 36.8 Å². The smallest absolute Gasteiger partial charge is 0.155 e. The molecule has 0 radical (unpaired) electrons. The van der Waals surface area contributed by atoms with Gasteiger partial charge in [-0.3, -0.25) is 0 Å². The largest absolute Gasteiger partial charge is 0.346 e. The third-order valence-corrected chi connectivity index (χ3v) is 7.28. The van der Waals surface area contributed by atoms with E-state index in [9.17, 15) is 0 Å². The third kappa shape index (κ3) is 2.91. The van der Waals surface area contributed by atoms with Crippen LogP contribution in [-0.4, -0.2) is 31.3 Å². The molecule has 30 heavy (non-hydrogen) atoms. The van der Waals surface area contributed by atoms with Gasteiger partial charge in [0, 0.05) is 30.5 Å². The fourth-order valence-electron chi connectivity index (χ4n) is 4.95. The highest BCUT2D eigenvalue weighted by Crippen LogP contribution is 2.42. The Morgan fingerprint density at radius 2 is 1.87 bits per heavy atom. The lowest BCUT2D eigenvalue weighted by Gasteiger charge is -2.26. The Kier molecular flexibility index (Phi) is 4.48. The molecule has 6 rings (SSSR count). The summed E-state index contributed by atoms with van der Waals surface area (Å²) in [7, 11) is 0. The highest BCUT2D eigenvalue weighted by molar-refractivity contribution is 7.17. The van der Waals surface area contributed by atoms with Crippen molar-refractivity contribution in [3.05, 3.63) is 53.7 Å². The zero-order valence-electron chi connectivity index (χ0n) is 16.9. The Bertz CT molecular complexity index is 1180. The molecule has 0 spiro atoms. The van der Waals surface area contributed by atoms with Gasteiger partial charge in [0.15, 0.2) is 5.82 Å². The van der Waals surface area contributed by atoms with E-state index in [-0.39, 0.29) is 6.04 Å². The number of thiophene rings is 1. The van der Waals surface area contributed by atoms with Crippen LogP contribution >= 0.6 is 11.3 Å². The maximum absolute atomic E-state index is 4.80. The van der Waals surface area contributed by atoms with E-state index in [0.29, 0.717) is 0 Å². The maximum Gasteiger partial charge on any atom is 0.155 e. The molecule has 1 atom stereocenters. The van der Waals surface area contributed by atoms with Crippen molar-refractivity contribution in [2.45, 2.75) is 51.1 Å². The van der Waals surface area contributed by atoms with Crippen LogP contribution in [0.5, 0.6) is 0 Å². The number of nitrogens with zero attached hydrogens (tertiary/aromatic N) is 6. The maximum atomic E-state index is 4.80. The van der Waals surface area contributed by atoms with Crippen molar-refractivity contribution in [1.82, 2.24) is 24.7 Å². The van der Waals surface area contributed by atoms with E-state index in [4.69, 9.17) is 4.98 Å². The summed E-state index contributed by atoms with van der Waals surface area (Å²) in [5, 5.41) is 12.6. The molecule has 1 unspecified atom stereocenters. The van der Waals surface area contributed by atoms with E-state index in [0.717, 1.165) is 60.0 Å². The average Bonchev–Trinajstić information content (AvgIpc) is 3.49. The molecule has 0 amide bonds. The van der Waals surface area contributed by atoms with Crippen molar-refractivity contribution >= 4 is 27.4 Å². The molecule has 7 heteroatoms. The number of anilines is 1.